The summed E-state index contributed by atoms with van der Waals surface area (Å²) in [5.74, 6) is 0. The summed E-state index contributed by atoms with van der Waals surface area (Å²) < 4.78 is 0. The number of hydrogen-bond donors (Lipinski definition) is 0. The van der Waals surface area contributed by atoms with Crippen molar-refractivity contribution in [3.8, 4) is 0 Å². The molecule has 0 saturated carbocycles. The highest BCUT2D eigenvalue weighted by Gasteiger charge is 2.25. The lowest BCUT2D eigenvalue weighted by Crippen LogP contribution is -2.53. The first kappa shape index (κ1) is 11.8. The largest absolute Gasteiger partial charge is 0.297 e. The van der Waals surface area contributed by atoms with E-state index in [2.05, 4.69) is 41.6 Å². The molecule has 2 rings (SSSR count). The van der Waals surface area contributed by atoms with E-state index in [1.165, 1.54) is 31.8 Å². The van der Waals surface area contributed by atoms with Crippen LogP contribution in [0.2, 0.25) is 0 Å². The Morgan fingerprint density at radius 1 is 1.19 bits per heavy atom. The van der Waals surface area contributed by atoms with Crippen LogP contribution in [0, 0.1) is 0 Å². The standard InChI is InChI=1S/C13H23N3/c1-13(2,3)16-8-6-15(7-9-16)11-12-4-5-14-10-12/h4-5H,6-11H2,1-3H3. The third kappa shape index (κ3) is 2.92. The third-order valence-corrected chi connectivity index (χ3v) is 3.46. The van der Waals surface area contributed by atoms with Gasteiger partial charge in [-0.3, -0.25) is 14.8 Å². The minimum Gasteiger partial charge on any atom is -0.297 e. The van der Waals surface area contributed by atoms with Crippen LogP contribution in [0.25, 0.3) is 0 Å². The fourth-order valence-electron chi connectivity index (χ4n) is 2.35. The van der Waals surface area contributed by atoms with Crippen molar-refractivity contribution in [2.24, 2.45) is 4.99 Å². The normalized spacial score (nSPS) is 23.8. The molecule has 0 unspecified atom stereocenters. The topological polar surface area (TPSA) is 18.8 Å². The van der Waals surface area contributed by atoms with Crippen LogP contribution in [0.5, 0.6) is 0 Å². The molecule has 0 aromatic carbocycles. The molecular formula is C13H23N3. The number of nitrogens with zero attached hydrogens (tertiary/aromatic N) is 3. The summed E-state index contributed by atoms with van der Waals surface area (Å²) >= 11 is 0. The minimum absolute atomic E-state index is 0.321. The van der Waals surface area contributed by atoms with Crippen LogP contribution in [0.3, 0.4) is 0 Å². The lowest BCUT2D eigenvalue weighted by atomic mass is 10.0. The van der Waals surface area contributed by atoms with E-state index in [1.54, 1.807) is 0 Å². The molecule has 0 aliphatic carbocycles. The van der Waals surface area contributed by atoms with Gasteiger partial charge in [0, 0.05) is 44.5 Å². The average molecular weight is 221 g/mol. The van der Waals surface area contributed by atoms with Gasteiger partial charge in [0.1, 0.15) is 0 Å². The number of rotatable bonds is 2. The van der Waals surface area contributed by atoms with Crippen LogP contribution in [-0.4, -0.2) is 60.8 Å². The Balaban J connectivity index is 1.77. The summed E-state index contributed by atoms with van der Waals surface area (Å²) in [4.78, 5) is 9.35. The Morgan fingerprint density at radius 3 is 2.38 bits per heavy atom. The van der Waals surface area contributed by atoms with Crippen LogP contribution in [-0.2, 0) is 0 Å². The first-order valence-electron chi connectivity index (χ1n) is 6.21. The molecule has 0 atom stereocenters. The van der Waals surface area contributed by atoms with Crippen molar-refractivity contribution in [1.82, 2.24) is 9.80 Å². The lowest BCUT2D eigenvalue weighted by Gasteiger charge is -2.42. The lowest BCUT2D eigenvalue weighted by molar-refractivity contribution is 0.0664. The molecule has 2 aliphatic rings. The molecule has 0 aromatic heterocycles. The maximum Gasteiger partial charge on any atom is 0.0615 e. The van der Waals surface area contributed by atoms with Crippen molar-refractivity contribution < 1.29 is 0 Å². The zero-order valence-corrected chi connectivity index (χ0v) is 10.7. The molecule has 0 bridgehead atoms. The molecule has 3 heteroatoms. The first-order chi connectivity index (χ1) is 7.55. The quantitative estimate of drug-likeness (QED) is 0.702. The van der Waals surface area contributed by atoms with Crippen molar-refractivity contribution in [2.75, 3.05) is 39.3 Å². The van der Waals surface area contributed by atoms with Gasteiger partial charge in [-0.15, -0.1) is 0 Å². The van der Waals surface area contributed by atoms with Crippen molar-refractivity contribution in [3.63, 3.8) is 0 Å². The fourth-order valence-corrected chi connectivity index (χ4v) is 2.35. The van der Waals surface area contributed by atoms with E-state index in [0.29, 0.717) is 5.54 Å². The van der Waals surface area contributed by atoms with Gasteiger partial charge in [0.25, 0.3) is 0 Å². The summed E-state index contributed by atoms with van der Waals surface area (Å²) in [5.41, 5.74) is 1.78. The van der Waals surface area contributed by atoms with Crippen LogP contribution in [0.15, 0.2) is 16.6 Å². The van der Waals surface area contributed by atoms with Crippen molar-refractivity contribution in [3.05, 3.63) is 11.6 Å². The smallest absolute Gasteiger partial charge is 0.0615 e. The summed E-state index contributed by atoms with van der Waals surface area (Å²) in [6.07, 6.45) is 4.09. The van der Waals surface area contributed by atoms with Crippen LogP contribution < -0.4 is 0 Å². The van der Waals surface area contributed by atoms with Gasteiger partial charge in [-0.2, -0.15) is 0 Å². The van der Waals surface area contributed by atoms with Crippen LogP contribution in [0.1, 0.15) is 20.8 Å². The van der Waals surface area contributed by atoms with Crippen molar-refractivity contribution in [1.29, 1.82) is 0 Å². The Morgan fingerprint density at radius 2 is 1.88 bits per heavy atom. The van der Waals surface area contributed by atoms with Gasteiger partial charge < -0.3 is 0 Å². The van der Waals surface area contributed by atoms with Gasteiger partial charge in [-0.05, 0) is 32.4 Å². The van der Waals surface area contributed by atoms with E-state index in [4.69, 9.17) is 0 Å². The molecular weight excluding hydrogens is 198 g/mol. The van der Waals surface area contributed by atoms with Gasteiger partial charge in [0.15, 0.2) is 0 Å². The molecule has 0 aromatic rings. The third-order valence-electron chi connectivity index (χ3n) is 3.46. The molecule has 0 spiro atoms. The number of hydrogen-bond acceptors (Lipinski definition) is 3. The molecule has 1 saturated heterocycles. The number of aliphatic imine (C=N–C) groups is 1. The van der Waals surface area contributed by atoms with Crippen LogP contribution in [0.4, 0.5) is 0 Å². The van der Waals surface area contributed by atoms with Crippen LogP contribution >= 0.6 is 0 Å². The maximum atomic E-state index is 4.23. The summed E-state index contributed by atoms with van der Waals surface area (Å²) in [6, 6.07) is 0. The van der Waals surface area contributed by atoms with Gasteiger partial charge in [0.05, 0.1) is 6.54 Å². The molecule has 1 fully saturated rings. The molecule has 3 nitrogen and oxygen atoms in total. The van der Waals surface area contributed by atoms with Gasteiger partial charge in [-0.1, -0.05) is 0 Å². The number of allylic oxidation sites excluding steroid dienone is 1. The van der Waals surface area contributed by atoms with Gasteiger partial charge in [0.2, 0.25) is 0 Å². The Labute approximate surface area is 98.8 Å². The fraction of sp³-hybridized carbons (Fsp3) is 0.769. The Bertz CT molecular complexity index is 291. The molecule has 0 N–H and O–H groups in total. The van der Waals surface area contributed by atoms with Gasteiger partial charge >= 0.3 is 0 Å². The Hall–Kier alpha value is -0.670. The molecule has 2 aliphatic heterocycles. The highest BCUT2D eigenvalue weighted by molar-refractivity contribution is 5.75. The summed E-state index contributed by atoms with van der Waals surface area (Å²) in [6.45, 7) is 13.7. The second-order valence-corrected chi connectivity index (χ2v) is 5.75. The highest BCUT2D eigenvalue weighted by atomic mass is 15.3. The van der Waals surface area contributed by atoms with Crippen molar-refractivity contribution >= 4 is 6.21 Å². The maximum absolute atomic E-state index is 4.23. The monoisotopic (exact) mass is 221 g/mol. The summed E-state index contributed by atoms with van der Waals surface area (Å²) in [7, 11) is 0. The SMILES string of the molecule is CC(C)(C)N1CCN(CC2=CC=NC2)CC1. The highest BCUT2D eigenvalue weighted by Crippen LogP contribution is 2.16. The zero-order chi connectivity index (χ0) is 11.6. The van der Waals surface area contributed by atoms with E-state index in [1.807, 2.05) is 6.21 Å². The van der Waals surface area contributed by atoms with E-state index < -0.39 is 0 Å². The molecule has 90 valence electrons. The van der Waals surface area contributed by atoms with E-state index in [9.17, 15) is 0 Å². The predicted molar refractivity (Wildman–Crippen MR) is 69.2 cm³/mol. The minimum atomic E-state index is 0.321. The van der Waals surface area contributed by atoms with E-state index >= 15 is 0 Å². The first-order valence-corrected chi connectivity index (χ1v) is 6.21. The van der Waals surface area contributed by atoms with E-state index in [0.717, 1.165) is 13.1 Å². The summed E-state index contributed by atoms with van der Waals surface area (Å²) in [5, 5.41) is 0. The molecule has 16 heavy (non-hydrogen) atoms. The van der Waals surface area contributed by atoms with E-state index in [-0.39, 0.29) is 0 Å². The van der Waals surface area contributed by atoms with Gasteiger partial charge in [-0.25, -0.2) is 0 Å². The number of piperazine rings is 1. The molecule has 2 heterocycles. The average Bonchev–Trinajstić information content (AvgIpc) is 2.70. The molecule has 0 radical (unpaired) electrons. The zero-order valence-electron chi connectivity index (χ0n) is 10.7. The van der Waals surface area contributed by atoms with Crippen molar-refractivity contribution in [2.45, 2.75) is 26.3 Å². The molecule has 0 amide bonds. The Kier molecular flexibility index (Phi) is 3.45. The predicted octanol–water partition coefficient (Wildman–Crippen LogP) is 1.41. The second-order valence-electron chi connectivity index (χ2n) is 5.75. The second kappa shape index (κ2) is 4.68.